The van der Waals surface area contributed by atoms with Gasteiger partial charge in [-0.15, -0.1) is 11.3 Å². The Morgan fingerprint density at radius 2 is 2.00 bits per heavy atom. The molecule has 3 aliphatic rings. The summed E-state index contributed by atoms with van der Waals surface area (Å²) in [5.41, 5.74) is 9.06. The summed E-state index contributed by atoms with van der Waals surface area (Å²) in [6.07, 6.45) is 8.46. The fourth-order valence-electron chi connectivity index (χ4n) is 7.16. The quantitative estimate of drug-likeness (QED) is 0.374. The average Bonchev–Trinajstić information content (AvgIpc) is 3.71. The van der Waals surface area contributed by atoms with E-state index in [0.29, 0.717) is 24.8 Å². The van der Waals surface area contributed by atoms with Gasteiger partial charge in [0, 0.05) is 53.6 Å². The zero-order chi connectivity index (χ0) is 26.1. The van der Waals surface area contributed by atoms with E-state index in [2.05, 4.69) is 47.4 Å². The van der Waals surface area contributed by atoms with Gasteiger partial charge in [-0.1, -0.05) is 13.8 Å². The number of likely N-dealkylation sites (tertiary alicyclic amines) is 1. The van der Waals surface area contributed by atoms with Crippen molar-refractivity contribution in [1.29, 1.82) is 0 Å². The first-order chi connectivity index (χ1) is 18.4. The van der Waals surface area contributed by atoms with Crippen LogP contribution in [-0.4, -0.2) is 62.2 Å². The minimum atomic E-state index is -0.905. The highest BCUT2D eigenvalue weighted by molar-refractivity contribution is 7.19. The molecule has 2 atom stereocenters. The van der Waals surface area contributed by atoms with Crippen LogP contribution < -0.4 is 5.32 Å². The number of H-pyrrole nitrogens is 1. The van der Waals surface area contributed by atoms with Gasteiger partial charge in [0.1, 0.15) is 17.3 Å². The standard InChI is InChI=1S/C29H35FN6OS/c1-15(2)23-24-16(3)26(17-7-9-35(10-8-17)29(37)22-11-18(30)12-31-22)38-28(24)34-25(23)21-13-36-27(32-14-33-36)20-6-4-5-19(20)21/h13-15,17-18,22,31,34H,4-12H2,1-3H3/t18-,22-/m1/s1. The molecule has 2 aliphatic heterocycles. The zero-order valence-corrected chi connectivity index (χ0v) is 23.1. The van der Waals surface area contributed by atoms with Gasteiger partial charge in [-0.2, -0.15) is 5.10 Å². The van der Waals surface area contributed by atoms with Crippen LogP contribution in [0.4, 0.5) is 4.39 Å². The van der Waals surface area contributed by atoms with Gasteiger partial charge < -0.3 is 15.2 Å². The lowest BCUT2D eigenvalue weighted by Crippen LogP contribution is -2.46. The summed E-state index contributed by atoms with van der Waals surface area (Å²) in [5, 5.41) is 8.91. The van der Waals surface area contributed by atoms with Crippen molar-refractivity contribution in [3.8, 4) is 11.3 Å². The summed E-state index contributed by atoms with van der Waals surface area (Å²) in [5.74, 6) is 0.901. The van der Waals surface area contributed by atoms with Crippen LogP contribution in [0.1, 0.15) is 78.5 Å². The fraction of sp³-hybridized carbons (Fsp3) is 0.552. The van der Waals surface area contributed by atoms with Crippen molar-refractivity contribution in [3.63, 3.8) is 0 Å². The highest BCUT2D eigenvalue weighted by Crippen LogP contribution is 2.47. The van der Waals surface area contributed by atoms with Crippen molar-refractivity contribution in [2.24, 2.45) is 0 Å². The normalized spacial score (nSPS) is 22.4. The molecule has 7 nitrogen and oxygen atoms in total. The number of hydrogen-bond acceptors (Lipinski definition) is 5. The second-order valence-corrected chi connectivity index (χ2v) is 12.7. The molecule has 200 valence electrons. The van der Waals surface area contributed by atoms with Gasteiger partial charge in [-0.05, 0) is 67.6 Å². The molecular formula is C29H35FN6OS. The second-order valence-electron chi connectivity index (χ2n) is 11.6. The van der Waals surface area contributed by atoms with Gasteiger partial charge in [0.2, 0.25) is 5.91 Å². The average molecular weight is 535 g/mol. The Bertz CT molecular complexity index is 1540. The Labute approximate surface area is 225 Å². The SMILES string of the molecule is Cc1c(C2CCN(C(=O)[C@H]3C[C@@H](F)CN3)CC2)sc2[nH]c(-c3cn4ncnc4c4c3CCC4)c(C(C)C)c12. The molecule has 1 amide bonds. The Morgan fingerprint density at radius 3 is 2.74 bits per heavy atom. The summed E-state index contributed by atoms with van der Waals surface area (Å²) >= 11 is 1.90. The summed E-state index contributed by atoms with van der Waals surface area (Å²) in [6, 6.07) is -0.353. The van der Waals surface area contributed by atoms with Gasteiger partial charge in [0.15, 0.2) is 5.65 Å². The molecule has 2 saturated heterocycles. The second kappa shape index (κ2) is 9.16. The van der Waals surface area contributed by atoms with Crippen LogP contribution in [0, 0.1) is 6.92 Å². The lowest BCUT2D eigenvalue weighted by Gasteiger charge is -2.33. The first-order valence-corrected chi connectivity index (χ1v) is 14.9. The van der Waals surface area contributed by atoms with E-state index in [1.807, 2.05) is 20.8 Å². The van der Waals surface area contributed by atoms with Crippen molar-refractivity contribution >= 4 is 33.1 Å². The molecule has 0 aromatic carbocycles. The number of hydrogen-bond donors (Lipinski definition) is 2. The van der Waals surface area contributed by atoms with Crippen LogP contribution >= 0.6 is 11.3 Å². The van der Waals surface area contributed by atoms with Crippen LogP contribution in [0.2, 0.25) is 0 Å². The molecule has 0 spiro atoms. The summed E-state index contributed by atoms with van der Waals surface area (Å²) in [6.45, 7) is 8.65. The third kappa shape index (κ3) is 3.72. The van der Waals surface area contributed by atoms with Gasteiger partial charge >= 0.3 is 0 Å². The van der Waals surface area contributed by atoms with Gasteiger partial charge in [-0.3, -0.25) is 4.79 Å². The molecule has 2 fully saturated rings. The molecule has 9 heteroatoms. The number of halogens is 1. The van der Waals surface area contributed by atoms with E-state index in [-0.39, 0.29) is 11.9 Å². The van der Waals surface area contributed by atoms with Crippen LogP contribution in [-0.2, 0) is 17.6 Å². The van der Waals surface area contributed by atoms with E-state index in [1.54, 1.807) is 6.33 Å². The minimum Gasteiger partial charge on any atom is -0.346 e. The number of aromatic amines is 1. The largest absolute Gasteiger partial charge is 0.346 e. The monoisotopic (exact) mass is 534 g/mol. The maximum Gasteiger partial charge on any atom is 0.239 e. The molecule has 0 radical (unpaired) electrons. The summed E-state index contributed by atoms with van der Waals surface area (Å²) < 4.78 is 15.5. The Balaban J connectivity index is 1.21. The molecule has 0 bridgehead atoms. The molecule has 0 saturated carbocycles. The molecule has 7 rings (SSSR count). The third-order valence-corrected chi connectivity index (χ3v) is 10.4. The molecule has 4 aromatic heterocycles. The molecular weight excluding hydrogens is 499 g/mol. The number of aryl methyl sites for hydroxylation is 2. The minimum absolute atomic E-state index is 0.0715. The van der Waals surface area contributed by atoms with Gasteiger partial charge in [-0.25, -0.2) is 13.9 Å². The molecule has 6 heterocycles. The van der Waals surface area contributed by atoms with Gasteiger partial charge in [0.25, 0.3) is 0 Å². The highest BCUT2D eigenvalue weighted by Gasteiger charge is 2.35. The fourth-order valence-corrected chi connectivity index (χ4v) is 8.55. The number of carbonyl (C=O) groups excluding carboxylic acids is 1. The van der Waals surface area contributed by atoms with Crippen molar-refractivity contribution in [2.45, 2.75) is 83.3 Å². The van der Waals surface area contributed by atoms with E-state index < -0.39 is 6.17 Å². The Hall–Kier alpha value is -2.78. The van der Waals surface area contributed by atoms with Crippen molar-refractivity contribution in [2.75, 3.05) is 19.6 Å². The molecule has 0 unspecified atom stereocenters. The van der Waals surface area contributed by atoms with E-state index in [9.17, 15) is 9.18 Å². The van der Waals surface area contributed by atoms with Crippen molar-refractivity contribution in [3.05, 3.63) is 39.7 Å². The van der Waals surface area contributed by atoms with Crippen LogP contribution in [0.5, 0.6) is 0 Å². The van der Waals surface area contributed by atoms with E-state index in [0.717, 1.165) is 50.8 Å². The first kappa shape index (κ1) is 24.3. The van der Waals surface area contributed by atoms with Crippen molar-refractivity contribution in [1.82, 2.24) is 29.8 Å². The Kier molecular flexibility index (Phi) is 5.85. The number of piperidine rings is 1. The van der Waals surface area contributed by atoms with E-state index in [1.165, 1.54) is 48.6 Å². The maximum atomic E-state index is 13.6. The predicted octanol–water partition coefficient (Wildman–Crippen LogP) is 5.27. The molecule has 38 heavy (non-hydrogen) atoms. The lowest BCUT2D eigenvalue weighted by atomic mass is 9.89. The molecule has 4 aromatic rings. The highest BCUT2D eigenvalue weighted by atomic mass is 32.1. The van der Waals surface area contributed by atoms with Crippen LogP contribution in [0.15, 0.2) is 12.5 Å². The topological polar surface area (TPSA) is 78.3 Å². The maximum absolute atomic E-state index is 13.6. The predicted molar refractivity (Wildman–Crippen MR) is 149 cm³/mol. The summed E-state index contributed by atoms with van der Waals surface area (Å²) in [7, 11) is 0. The number of aromatic nitrogens is 4. The van der Waals surface area contributed by atoms with E-state index >= 15 is 0 Å². The number of thiophene rings is 1. The number of alkyl halides is 1. The lowest BCUT2D eigenvalue weighted by molar-refractivity contribution is -0.134. The number of nitrogens with zero attached hydrogens (tertiary/aromatic N) is 4. The third-order valence-electron chi connectivity index (χ3n) is 9.00. The molecule has 1 aliphatic carbocycles. The number of nitrogens with one attached hydrogen (secondary N) is 2. The number of fused-ring (bicyclic) bond motifs is 4. The number of amides is 1. The van der Waals surface area contributed by atoms with Gasteiger partial charge in [0.05, 0.1) is 11.7 Å². The number of pyridine rings is 1. The number of carbonyl (C=O) groups is 1. The first-order valence-electron chi connectivity index (χ1n) is 14.1. The van der Waals surface area contributed by atoms with Crippen LogP contribution in [0.3, 0.4) is 0 Å². The number of rotatable bonds is 4. The molecule has 2 N–H and O–H groups in total. The summed E-state index contributed by atoms with van der Waals surface area (Å²) in [4.78, 5) is 25.9. The van der Waals surface area contributed by atoms with E-state index in [4.69, 9.17) is 0 Å². The smallest absolute Gasteiger partial charge is 0.239 e. The zero-order valence-electron chi connectivity index (χ0n) is 22.3. The Morgan fingerprint density at radius 1 is 1.21 bits per heavy atom. The van der Waals surface area contributed by atoms with Crippen molar-refractivity contribution < 1.29 is 9.18 Å². The van der Waals surface area contributed by atoms with Crippen LogP contribution in [0.25, 0.3) is 27.1 Å².